The van der Waals surface area contributed by atoms with E-state index in [2.05, 4.69) is 5.32 Å². The van der Waals surface area contributed by atoms with Crippen molar-refractivity contribution in [3.8, 4) is 0 Å². The third-order valence-electron chi connectivity index (χ3n) is 2.60. The standard InChI is InChI=1S/C14H10Cl2FNO/c1-8-2-4-10(7-13(8)17)18-14(19)11-6-9(15)3-5-12(11)16/h2-7H,1H3,(H,18,19). The zero-order chi connectivity index (χ0) is 14.0. The predicted molar refractivity (Wildman–Crippen MR) is 75.6 cm³/mol. The van der Waals surface area contributed by atoms with E-state index in [1.54, 1.807) is 25.1 Å². The lowest BCUT2D eigenvalue weighted by Gasteiger charge is -2.08. The third kappa shape index (κ3) is 3.25. The molecule has 98 valence electrons. The van der Waals surface area contributed by atoms with Crippen LogP contribution in [0.15, 0.2) is 36.4 Å². The minimum Gasteiger partial charge on any atom is -0.322 e. The molecule has 19 heavy (non-hydrogen) atoms. The van der Waals surface area contributed by atoms with Gasteiger partial charge >= 0.3 is 0 Å². The van der Waals surface area contributed by atoms with Crippen LogP contribution in [0.5, 0.6) is 0 Å². The topological polar surface area (TPSA) is 29.1 Å². The molecule has 5 heteroatoms. The van der Waals surface area contributed by atoms with Crippen molar-refractivity contribution in [3.05, 3.63) is 63.4 Å². The van der Waals surface area contributed by atoms with Gasteiger partial charge in [0.15, 0.2) is 0 Å². The van der Waals surface area contributed by atoms with Crippen LogP contribution < -0.4 is 5.32 Å². The number of carbonyl (C=O) groups excluding carboxylic acids is 1. The van der Waals surface area contributed by atoms with Crippen molar-refractivity contribution in [2.45, 2.75) is 6.92 Å². The van der Waals surface area contributed by atoms with Gasteiger partial charge in [0, 0.05) is 10.7 Å². The molecule has 0 spiro atoms. The van der Waals surface area contributed by atoms with Gasteiger partial charge in [-0.25, -0.2) is 4.39 Å². The van der Waals surface area contributed by atoms with Gasteiger partial charge in [-0.15, -0.1) is 0 Å². The van der Waals surface area contributed by atoms with E-state index >= 15 is 0 Å². The highest BCUT2D eigenvalue weighted by Gasteiger charge is 2.11. The Morgan fingerprint density at radius 2 is 1.89 bits per heavy atom. The van der Waals surface area contributed by atoms with Gasteiger partial charge in [0.25, 0.3) is 5.91 Å². The van der Waals surface area contributed by atoms with Crippen molar-refractivity contribution in [1.29, 1.82) is 0 Å². The van der Waals surface area contributed by atoms with Gasteiger partial charge in [0.2, 0.25) is 0 Å². The summed E-state index contributed by atoms with van der Waals surface area (Å²) in [6.45, 7) is 1.65. The summed E-state index contributed by atoms with van der Waals surface area (Å²) < 4.78 is 13.4. The molecule has 2 aromatic rings. The van der Waals surface area contributed by atoms with Crippen LogP contribution in [0.3, 0.4) is 0 Å². The number of benzene rings is 2. The van der Waals surface area contributed by atoms with E-state index in [0.29, 0.717) is 16.3 Å². The number of anilines is 1. The summed E-state index contributed by atoms with van der Waals surface area (Å²) in [5.41, 5.74) is 1.12. The normalized spacial score (nSPS) is 10.3. The molecule has 0 heterocycles. The van der Waals surface area contributed by atoms with Crippen LogP contribution in [0, 0.1) is 12.7 Å². The van der Waals surface area contributed by atoms with E-state index in [4.69, 9.17) is 23.2 Å². The number of rotatable bonds is 2. The van der Waals surface area contributed by atoms with E-state index in [1.807, 2.05) is 0 Å². The average Bonchev–Trinajstić information content (AvgIpc) is 2.36. The van der Waals surface area contributed by atoms with Gasteiger partial charge in [0.1, 0.15) is 5.82 Å². The van der Waals surface area contributed by atoms with Crippen LogP contribution >= 0.6 is 23.2 Å². The summed E-state index contributed by atoms with van der Waals surface area (Å²) in [6.07, 6.45) is 0. The minimum absolute atomic E-state index is 0.246. The Morgan fingerprint density at radius 1 is 1.16 bits per heavy atom. The zero-order valence-corrected chi connectivity index (χ0v) is 11.5. The SMILES string of the molecule is Cc1ccc(NC(=O)c2cc(Cl)ccc2Cl)cc1F. The summed E-state index contributed by atoms with van der Waals surface area (Å²) in [5.74, 6) is -0.814. The van der Waals surface area contributed by atoms with E-state index in [0.717, 1.165) is 0 Å². The molecular formula is C14H10Cl2FNO. The fourth-order valence-corrected chi connectivity index (χ4v) is 1.92. The molecule has 2 nitrogen and oxygen atoms in total. The maximum Gasteiger partial charge on any atom is 0.257 e. The predicted octanol–water partition coefficient (Wildman–Crippen LogP) is 4.69. The second kappa shape index (κ2) is 5.59. The van der Waals surface area contributed by atoms with Crippen molar-refractivity contribution < 1.29 is 9.18 Å². The van der Waals surface area contributed by atoms with Gasteiger partial charge in [0.05, 0.1) is 10.6 Å². The summed E-state index contributed by atoms with van der Waals surface area (Å²) >= 11 is 11.7. The number of hydrogen-bond acceptors (Lipinski definition) is 1. The second-order valence-corrected chi connectivity index (χ2v) is 4.89. The average molecular weight is 298 g/mol. The third-order valence-corrected chi connectivity index (χ3v) is 3.17. The summed E-state index contributed by atoms with van der Waals surface area (Å²) in [5, 5.41) is 3.27. The maximum atomic E-state index is 13.4. The Balaban J connectivity index is 2.25. The fourth-order valence-electron chi connectivity index (χ4n) is 1.54. The number of aryl methyl sites for hydroxylation is 1. The highest BCUT2D eigenvalue weighted by Crippen LogP contribution is 2.22. The smallest absolute Gasteiger partial charge is 0.257 e. The quantitative estimate of drug-likeness (QED) is 0.856. The van der Waals surface area contributed by atoms with E-state index in [1.165, 1.54) is 18.2 Å². The highest BCUT2D eigenvalue weighted by molar-refractivity contribution is 6.36. The van der Waals surface area contributed by atoms with Crippen molar-refractivity contribution in [2.75, 3.05) is 5.32 Å². The molecule has 0 radical (unpaired) electrons. The monoisotopic (exact) mass is 297 g/mol. The molecular weight excluding hydrogens is 288 g/mol. The molecule has 0 bridgehead atoms. The first kappa shape index (κ1) is 13.8. The lowest BCUT2D eigenvalue weighted by molar-refractivity contribution is 0.102. The molecule has 0 unspecified atom stereocenters. The Hall–Kier alpha value is -1.58. The van der Waals surface area contributed by atoms with Crippen molar-refractivity contribution in [2.24, 2.45) is 0 Å². The Labute approximate surface area is 120 Å². The van der Waals surface area contributed by atoms with Crippen molar-refractivity contribution in [3.63, 3.8) is 0 Å². The first-order chi connectivity index (χ1) is 8.97. The van der Waals surface area contributed by atoms with Gasteiger partial charge in [-0.1, -0.05) is 29.3 Å². The Bertz CT molecular complexity index is 643. The Morgan fingerprint density at radius 3 is 2.58 bits per heavy atom. The summed E-state index contributed by atoms with van der Waals surface area (Å²) in [6, 6.07) is 9.05. The number of hydrogen-bond donors (Lipinski definition) is 1. The van der Waals surface area contributed by atoms with Crippen molar-refractivity contribution in [1.82, 2.24) is 0 Å². The molecule has 0 saturated heterocycles. The molecule has 0 aliphatic carbocycles. The molecule has 1 amide bonds. The van der Waals surface area contributed by atoms with Crippen LogP contribution in [0.1, 0.15) is 15.9 Å². The first-order valence-electron chi connectivity index (χ1n) is 5.50. The molecule has 2 rings (SSSR count). The largest absolute Gasteiger partial charge is 0.322 e. The molecule has 0 atom stereocenters. The maximum absolute atomic E-state index is 13.4. The lowest BCUT2D eigenvalue weighted by Crippen LogP contribution is -2.12. The number of amides is 1. The zero-order valence-electron chi connectivity index (χ0n) is 10.0. The van der Waals surface area contributed by atoms with Crippen LogP contribution in [-0.4, -0.2) is 5.91 Å². The Kier molecular flexibility index (Phi) is 4.08. The molecule has 2 aromatic carbocycles. The summed E-state index contributed by atoms with van der Waals surface area (Å²) in [4.78, 5) is 12.0. The lowest BCUT2D eigenvalue weighted by atomic mass is 10.2. The van der Waals surface area contributed by atoms with Crippen LogP contribution in [0.25, 0.3) is 0 Å². The summed E-state index contributed by atoms with van der Waals surface area (Å²) in [7, 11) is 0. The van der Waals surface area contributed by atoms with Crippen LogP contribution in [0.4, 0.5) is 10.1 Å². The van der Waals surface area contributed by atoms with E-state index < -0.39 is 5.91 Å². The molecule has 0 aliphatic rings. The van der Waals surface area contributed by atoms with Crippen LogP contribution in [0.2, 0.25) is 10.0 Å². The van der Waals surface area contributed by atoms with Gasteiger partial charge in [-0.05, 0) is 42.8 Å². The van der Waals surface area contributed by atoms with Gasteiger partial charge in [-0.2, -0.15) is 0 Å². The fraction of sp³-hybridized carbons (Fsp3) is 0.0714. The molecule has 0 aromatic heterocycles. The van der Waals surface area contributed by atoms with Gasteiger partial charge < -0.3 is 5.32 Å². The molecule has 0 fully saturated rings. The van der Waals surface area contributed by atoms with Gasteiger partial charge in [-0.3, -0.25) is 4.79 Å². The minimum atomic E-state index is -0.434. The second-order valence-electron chi connectivity index (χ2n) is 4.04. The van der Waals surface area contributed by atoms with E-state index in [-0.39, 0.29) is 16.4 Å². The molecule has 1 N–H and O–H groups in total. The van der Waals surface area contributed by atoms with Crippen molar-refractivity contribution >= 4 is 34.8 Å². The first-order valence-corrected chi connectivity index (χ1v) is 6.25. The number of nitrogens with one attached hydrogen (secondary N) is 1. The number of carbonyl (C=O) groups is 1. The highest BCUT2D eigenvalue weighted by atomic mass is 35.5. The van der Waals surface area contributed by atoms with E-state index in [9.17, 15) is 9.18 Å². The number of halogens is 3. The molecule has 0 aliphatic heterocycles. The van der Waals surface area contributed by atoms with Crippen LogP contribution in [-0.2, 0) is 0 Å². The molecule has 0 saturated carbocycles.